The van der Waals surface area contributed by atoms with Crippen molar-refractivity contribution in [3.05, 3.63) is 0 Å². The summed E-state index contributed by atoms with van der Waals surface area (Å²) in [6.07, 6.45) is -0.767. The van der Waals surface area contributed by atoms with Gasteiger partial charge in [-0.25, -0.2) is 0 Å². The van der Waals surface area contributed by atoms with E-state index in [1.54, 1.807) is 14.7 Å². The third-order valence-electron chi connectivity index (χ3n) is 6.73. The standard InChI is InChI=1S/C22H41N5O7S5/c28-16(10-27-14-21(36,37)20(35)22(38,39)15-27)9-23-1-3-24(11-17(29)30)5-7-26(13-19(33)34)8-6-25(4-2-23)12-18(31)32/h16,20,28,35-39H,1-15H2,(H,29,30)(H,31,32)(H,33,34). The van der Waals surface area contributed by atoms with Crippen LogP contribution in [0, 0.1) is 0 Å². The first-order valence-corrected chi connectivity index (χ1v) is 14.9. The topological polar surface area (TPSA) is 148 Å². The van der Waals surface area contributed by atoms with Crippen LogP contribution in [-0.4, -0.2) is 181 Å². The Morgan fingerprint density at radius 2 is 0.897 bits per heavy atom. The molecule has 226 valence electrons. The lowest BCUT2D eigenvalue weighted by atomic mass is 10.1. The summed E-state index contributed by atoms with van der Waals surface area (Å²) in [6, 6.07) is 0. The summed E-state index contributed by atoms with van der Waals surface area (Å²) in [6.45, 7) is 3.88. The SMILES string of the molecule is O=C(O)CN1CCN(CC(=O)O)CCN(CC(O)CN2CC(S)(S)C(S)C(S)(S)C2)CCN(CC(=O)O)CC1. The van der Waals surface area contributed by atoms with Crippen molar-refractivity contribution < 1.29 is 34.8 Å². The van der Waals surface area contributed by atoms with E-state index in [-0.39, 0.29) is 31.4 Å². The highest BCUT2D eigenvalue weighted by atomic mass is 32.2. The number of thiol groups is 5. The van der Waals surface area contributed by atoms with Crippen molar-refractivity contribution in [1.82, 2.24) is 24.5 Å². The number of nitrogens with zero attached hydrogens (tertiary/aromatic N) is 5. The van der Waals surface area contributed by atoms with Crippen LogP contribution in [0.25, 0.3) is 0 Å². The van der Waals surface area contributed by atoms with Crippen LogP contribution in [0.2, 0.25) is 0 Å². The molecule has 4 N–H and O–H groups in total. The van der Waals surface area contributed by atoms with Crippen LogP contribution < -0.4 is 0 Å². The van der Waals surface area contributed by atoms with Crippen molar-refractivity contribution in [2.45, 2.75) is 19.5 Å². The largest absolute Gasteiger partial charge is 0.480 e. The summed E-state index contributed by atoms with van der Waals surface area (Å²) in [5, 5.41) is 38.7. The minimum absolute atomic E-state index is 0.195. The second kappa shape index (κ2) is 16.0. The molecule has 0 amide bonds. The van der Waals surface area contributed by atoms with Gasteiger partial charge in [-0.3, -0.25) is 38.9 Å². The molecule has 0 radical (unpaired) electrons. The van der Waals surface area contributed by atoms with E-state index >= 15 is 0 Å². The van der Waals surface area contributed by atoms with Gasteiger partial charge in [-0.05, 0) is 0 Å². The molecule has 0 aromatic rings. The number of β-amino-alcohol motifs (C(OH)–C–C–N with tert-alkyl or cyclic N) is 1. The van der Waals surface area contributed by atoms with Gasteiger partial charge in [0.15, 0.2) is 0 Å². The Morgan fingerprint density at radius 3 is 1.21 bits per heavy atom. The van der Waals surface area contributed by atoms with Crippen LogP contribution in [0.1, 0.15) is 0 Å². The molecule has 1 atom stereocenters. The Kier molecular flexibility index (Phi) is 14.4. The molecule has 2 rings (SSSR count). The van der Waals surface area contributed by atoms with E-state index in [0.717, 1.165) is 0 Å². The number of aliphatic hydroxyl groups is 1. The monoisotopic (exact) mass is 647 g/mol. The number of aliphatic hydroxyl groups excluding tert-OH is 1. The average Bonchev–Trinajstić information content (AvgIpc) is 2.77. The van der Waals surface area contributed by atoms with Crippen LogP contribution in [-0.2, 0) is 14.4 Å². The number of aliphatic carboxylic acids is 3. The minimum atomic E-state index is -1.00. The third kappa shape index (κ3) is 12.8. The minimum Gasteiger partial charge on any atom is -0.480 e. The highest BCUT2D eigenvalue weighted by molar-refractivity contribution is 8.05. The Morgan fingerprint density at radius 1 is 0.615 bits per heavy atom. The number of likely N-dealkylation sites (tertiary alicyclic amines) is 1. The number of carbonyl (C=O) groups is 3. The average molecular weight is 648 g/mol. The first-order valence-electron chi connectivity index (χ1n) is 12.6. The van der Waals surface area contributed by atoms with Gasteiger partial charge in [-0.1, -0.05) is 0 Å². The lowest BCUT2D eigenvalue weighted by Crippen LogP contribution is -2.60. The molecule has 2 saturated heterocycles. The zero-order chi connectivity index (χ0) is 29.4. The molecule has 0 aromatic carbocycles. The molecule has 0 aliphatic carbocycles. The van der Waals surface area contributed by atoms with E-state index in [1.807, 2.05) is 9.80 Å². The van der Waals surface area contributed by atoms with Gasteiger partial charge < -0.3 is 20.4 Å². The number of hydrogen-bond acceptors (Lipinski definition) is 14. The summed E-state index contributed by atoms with van der Waals surface area (Å²) in [4.78, 5) is 43.4. The van der Waals surface area contributed by atoms with Crippen molar-refractivity contribution in [3.8, 4) is 0 Å². The van der Waals surface area contributed by atoms with Crippen LogP contribution >= 0.6 is 63.1 Å². The fourth-order valence-electron chi connectivity index (χ4n) is 4.85. The molecule has 0 aromatic heterocycles. The van der Waals surface area contributed by atoms with Crippen molar-refractivity contribution in [2.75, 3.05) is 98.2 Å². The fraction of sp³-hybridized carbons (Fsp3) is 0.864. The number of hydrogen-bond donors (Lipinski definition) is 9. The van der Waals surface area contributed by atoms with Gasteiger partial charge >= 0.3 is 17.9 Å². The third-order valence-corrected chi connectivity index (χ3v) is 10.0. The molecule has 2 aliphatic rings. The van der Waals surface area contributed by atoms with Crippen LogP contribution in [0.4, 0.5) is 0 Å². The Balaban J connectivity index is 2.12. The quantitative estimate of drug-likeness (QED) is 0.101. The van der Waals surface area contributed by atoms with Gasteiger partial charge in [0.1, 0.15) is 0 Å². The second-order valence-electron chi connectivity index (χ2n) is 10.3. The normalized spacial score (nSPS) is 24.5. The van der Waals surface area contributed by atoms with E-state index in [9.17, 15) is 34.8 Å². The summed E-state index contributed by atoms with van der Waals surface area (Å²) in [5.74, 6) is -2.97. The lowest BCUT2D eigenvalue weighted by molar-refractivity contribution is -0.140. The zero-order valence-electron chi connectivity index (χ0n) is 21.7. The number of carboxylic acids is 3. The molecule has 2 heterocycles. The maximum absolute atomic E-state index is 11.5. The van der Waals surface area contributed by atoms with E-state index in [2.05, 4.69) is 63.1 Å². The van der Waals surface area contributed by atoms with E-state index in [4.69, 9.17) is 0 Å². The first kappa shape index (κ1) is 35.1. The maximum Gasteiger partial charge on any atom is 0.317 e. The molecular weight excluding hydrogens is 607 g/mol. The molecule has 12 nitrogen and oxygen atoms in total. The summed E-state index contributed by atoms with van der Waals surface area (Å²) >= 11 is 23.0. The van der Waals surface area contributed by atoms with Gasteiger partial charge in [0.2, 0.25) is 0 Å². The van der Waals surface area contributed by atoms with E-state index in [0.29, 0.717) is 72.0 Å². The Bertz CT molecular complexity index is 793. The highest BCUT2D eigenvalue weighted by Gasteiger charge is 2.48. The molecular formula is C22H41N5O7S5. The summed E-state index contributed by atoms with van der Waals surface area (Å²) in [7, 11) is 0. The number of piperidine rings is 1. The fourth-order valence-corrected chi connectivity index (χ4v) is 7.10. The lowest BCUT2D eigenvalue weighted by Gasteiger charge is -2.49. The Labute approximate surface area is 257 Å². The van der Waals surface area contributed by atoms with Gasteiger partial charge in [0, 0.05) is 78.5 Å². The van der Waals surface area contributed by atoms with Crippen molar-refractivity contribution >= 4 is 81.1 Å². The van der Waals surface area contributed by atoms with Crippen LogP contribution in [0.3, 0.4) is 0 Å². The van der Waals surface area contributed by atoms with Crippen LogP contribution in [0.5, 0.6) is 0 Å². The predicted octanol–water partition coefficient (Wildman–Crippen LogP) is -1.45. The number of carboxylic acid groups (broad SMARTS) is 3. The van der Waals surface area contributed by atoms with Crippen LogP contribution in [0.15, 0.2) is 0 Å². The van der Waals surface area contributed by atoms with E-state index < -0.39 is 32.2 Å². The van der Waals surface area contributed by atoms with Crippen molar-refractivity contribution in [3.63, 3.8) is 0 Å². The van der Waals surface area contributed by atoms with Crippen molar-refractivity contribution in [1.29, 1.82) is 0 Å². The maximum atomic E-state index is 11.5. The molecule has 0 bridgehead atoms. The molecule has 2 fully saturated rings. The van der Waals surface area contributed by atoms with E-state index in [1.165, 1.54) is 0 Å². The summed E-state index contributed by atoms with van der Waals surface area (Å²) < 4.78 is -1.55. The van der Waals surface area contributed by atoms with Gasteiger partial charge in [0.05, 0.1) is 39.1 Å². The predicted molar refractivity (Wildman–Crippen MR) is 165 cm³/mol. The number of rotatable bonds is 10. The van der Waals surface area contributed by atoms with Crippen molar-refractivity contribution in [2.24, 2.45) is 0 Å². The molecule has 0 spiro atoms. The molecule has 1 unspecified atom stereocenters. The zero-order valence-corrected chi connectivity index (χ0v) is 26.2. The van der Waals surface area contributed by atoms with Gasteiger partial charge in [-0.2, -0.15) is 63.1 Å². The Hall–Kier alpha value is -0.0800. The smallest absolute Gasteiger partial charge is 0.317 e. The molecule has 39 heavy (non-hydrogen) atoms. The highest BCUT2D eigenvalue weighted by Crippen LogP contribution is 2.45. The second-order valence-corrected chi connectivity index (χ2v) is 14.7. The molecule has 2 aliphatic heterocycles. The van der Waals surface area contributed by atoms with Gasteiger partial charge in [-0.15, -0.1) is 0 Å². The molecule has 17 heteroatoms. The van der Waals surface area contributed by atoms with Gasteiger partial charge in [0.25, 0.3) is 0 Å². The first-order chi connectivity index (χ1) is 18.1. The summed E-state index contributed by atoms with van der Waals surface area (Å²) in [5.41, 5.74) is 0. The molecule has 0 saturated carbocycles.